The van der Waals surface area contributed by atoms with Crippen LogP contribution in [0.3, 0.4) is 0 Å². The first kappa shape index (κ1) is 13.4. The number of carbonyl (C=O) groups is 1. The molecule has 94 valence electrons. The molecule has 0 aliphatic rings. The van der Waals surface area contributed by atoms with E-state index in [1.165, 1.54) is 0 Å². The van der Waals surface area contributed by atoms with Gasteiger partial charge < -0.3 is 10.8 Å². The second kappa shape index (κ2) is 4.70. The summed E-state index contributed by atoms with van der Waals surface area (Å²) >= 11 is 0. The van der Waals surface area contributed by atoms with Crippen LogP contribution in [0.25, 0.3) is 0 Å². The van der Waals surface area contributed by atoms with Crippen molar-refractivity contribution in [2.45, 2.75) is 18.6 Å². The van der Waals surface area contributed by atoms with Crippen molar-refractivity contribution >= 4 is 5.97 Å². The fourth-order valence-corrected chi connectivity index (χ4v) is 1.27. The molecule has 0 spiro atoms. The Kier molecular flexibility index (Phi) is 3.72. The third-order valence-corrected chi connectivity index (χ3v) is 2.06. The lowest BCUT2D eigenvalue weighted by atomic mass is 10.0. The van der Waals surface area contributed by atoms with E-state index in [2.05, 4.69) is 0 Å². The van der Waals surface area contributed by atoms with Crippen molar-refractivity contribution in [3.8, 4) is 0 Å². The summed E-state index contributed by atoms with van der Waals surface area (Å²) in [6.45, 7) is 0. The summed E-state index contributed by atoms with van der Waals surface area (Å²) in [5, 5.41) is 8.50. The van der Waals surface area contributed by atoms with Crippen LogP contribution in [0.5, 0.6) is 0 Å². The van der Waals surface area contributed by atoms with Crippen LogP contribution in [-0.2, 0) is 17.4 Å². The molecule has 1 rings (SSSR count). The van der Waals surface area contributed by atoms with Crippen molar-refractivity contribution in [3.63, 3.8) is 0 Å². The fraction of sp³-hybridized carbons (Fsp3) is 0.300. The van der Waals surface area contributed by atoms with Gasteiger partial charge in [-0.3, -0.25) is 4.79 Å². The van der Waals surface area contributed by atoms with Crippen LogP contribution in [0.15, 0.2) is 18.2 Å². The van der Waals surface area contributed by atoms with Crippen molar-refractivity contribution in [3.05, 3.63) is 35.1 Å². The number of halogens is 4. The van der Waals surface area contributed by atoms with Crippen molar-refractivity contribution in [1.29, 1.82) is 0 Å². The molecule has 0 amide bonds. The molecule has 0 radical (unpaired) electrons. The molecule has 0 aliphatic heterocycles. The van der Waals surface area contributed by atoms with E-state index in [1.807, 2.05) is 0 Å². The molecular formula is C10H9F4NO2. The summed E-state index contributed by atoms with van der Waals surface area (Å²) in [5.74, 6) is -2.43. The molecule has 17 heavy (non-hydrogen) atoms. The van der Waals surface area contributed by atoms with Crippen LogP contribution in [0.1, 0.15) is 11.1 Å². The zero-order chi connectivity index (χ0) is 13.2. The number of benzene rings is 1. The minimum absolute atomic E-state index is 0.104. The number of carboxylic acids is 1. The van der Waals surface area contributed by atoms with Crippen LogP contribution in [0.4, 0.5) is 17.6 Å². The monoisotopic (exact) mass is 251 g/mol. The van der Waals surface area contributed by atoms with Crippen molar-refractivity contribution < 1.29 is 27.5 Å². The predicted octanol–water partition coefficient (Wildman–Crippen LogP) is 1.80. The third-order valence-electron chi connectivity index (χ3n) is 2.06. The molecule has 0 bridgehead atoms. The first-order valence-electron chi connectivity index (χ1n) is 4.55. The lowest BCUT2D eigenvalue weighted by Gasteiger charge is -2.11. The van der Waals surface area contributed by atoms with E-state index in [0.29, 0.717) is 12.1 Å². The highest BCUT2D eigenvalue weighted by Gasteiger charge is 2.31. The summed E-state index contributed by atoms with van der Waals surface area (Å²) in [7, 11) is 0. The normalized spacial score (nSPS) is 13.5. The van der Waals surface area contributed by atoms with Gasteiger partial charge in [-0.2, -0.15) is 13.2 Å². The Hall–Kier alpha value is -1.63. The quantitative estimate of drug-likeness (QED) is 0.805. The molecule has 1 atom stereocenters. The summed E-state index contributed by atoms with van der Waals surface area (Å²) in [6, 6.07) is 0.498. The Balaban J connectivity index is 3.02. The highest BCUT2D eigenvalue weighted by molar-refractivity contribution is 5.73. The Labute approximate surface area is 93.8 Å². The zero-order valence-corrected chi connectivity index (χ0v) is 8.46. The number of aliphatic carboxylic acids is 1. The number of hydrogen-bond acceptors (Lipinski definition) is 2. The molecule has 0 heterocycles. The van der Waals surface area contributed by atoms with E-state index in [9.17, 15) is 22.4 Å². The van der Waals surface area contributed by atoms with Crippen molar-refractivity contribution in [1.82, 2.24) is 0 Å². The highest BCUT2D eigenvalue weighted by Crippen LogP contribution is 2.30. The molecule has 0 aromatic heterocycles. The van der Waals surface area contributed by atoms with Gasteiger partial charge in [-0.25, -0.2) is 4.39 Å². The lowest BCUT2D eigenvalue weighted by molar-refractivity contribution is -0.138. The first-order valence-corrected chi connectivity index (χ1v) is 4.55. The van der Waals surface area contributed by atoms with Gasteiger partial charge in [-0.15, -0.1) is 0 Å². The fourth-order valence-electron chi connectivity index (χ4n) is 1.27. The van der Waals surface area contributed by atoms with Gasteiger partial charge in [0.05, 0.1) is 5.56 Å². The average molecular weight is 251 g/mol. The molecule has 1 aromatic rings. The minimum Gasteiger partial charge on any atom is -0.480 e. The molecule has 0 saturated heterocycles. The van der Waals surface area contributed by atoms with Gasteiger partial charge in [0.15, 0.2) is 0 Å². The molecule has 0 fully saturated rings. The van der Waals surface area contributed by atoms with E-state index in [-0.39, 0.29) is 12.0 Å². The molecule has 1 aromatic carbocycles. The molecule has 7 heteroatoms. The maximum atomic E-state index is 12.9. The molecular weight excluding hydrogens is 242 g/mol. The summed E-state index contributed by atoms with van der Waals surface area (Å²) in [6.07, 6.45) is -5.04. The zero-order valence-electron chi connectivity index (χ0n) is 8.46. The van der Waals surface area contributed by atoms with E-state index in [4.69, 9.17) is 10.8 Å². The van der Waals surface area contributed by atoms with Crippen LogP contribution < -0.4 is 5.73 Å². The number of carboxylic acid groups (broad SMARTS) is 1. The second-order valence-corrected chi connectivity index (χ2v) is 3.49. The Bertz CT molecular complexity index is 431. The van der Waals surface area contributed by atoms with Gasteiger partial charge in [0, 0.05) is 0 Å². The molecule has 3 N–H and O–H groups in total. The second-order valence-electron chi connectivity index (χ2n) is 3.49. The topological polar surface area (TPSA) is 63.3 Å². The first-order chi connectivity index (χ1) is 7.70. The standard InChI is InChI=1S/C10H9F4NO2/c11-7-2-5(3-8(15)9(16)17)1-6(4-7)10(12,13)14/h1-2,4,8H,3,15H2,(H,16,17)/t8-/m0/s1. The van der Waals surface area contributed by atoms with E-state index in [1.54, 1.807) is 0 Å². The van der Waals surface area contributed by atoms with Gasteiger partial charge in [0.25, 0.3) is 0 Å². The van der Waals surface area contributed by atoms with Gasteiger partial charge in [-0.1, -0.05) is 0 Å². The van der Waals surface area contributed by atoms with Crippen LogP contribution in [-0.4, -0.2) is 17.1 Å². The molecule has 3 nitrogen and oxygen atoms in total. The number of hydrogen-bond donors (Lipinski definition) is 2. The van der Waals surface area contributed by atoms with Crippen LogP contribution in [0.2, 0.25) is 0 Å². The van der Waals surface area contributed by atoms with E-state index < -0.39 is 29.6 Å². The lowest BCUT2D eigenvalue weighted by Crippen LogP contribution is -2.32. The van der Waals surface area contributed by atoms with Crippen LogP contribution in [0, 0.1) is 5.82 Å². The smallest absolute Gasteiger partial charge is 0.416 e. The number of nitrogens with two attached hydrogens (primary N) is 1. The van der Waals surface area contributed by atoms with Crippen molar-refractivity contribution in [2.75, 3.05) is 0 Å². The van der Waals surface area contributed by atoms with Crippen LogP contribution >= 0.6 is 0 Å². The Morgan fingerprint density at radius 1 is 1.35 bits per heavy atom. The SMILES string of the molecule is N[C@@H](Cc1cc(F)cc(C(F)(F)F)c1)C(=O)O. The Morgan fingerprint density at radius 3 is 2.41 bits per heavy atom. The highest BCUT2D eigenvalue weighted by atomic mass is 19.4. The van der Waals surface area contributed by atoms with Gasteiger partial charge in [0.2, 0.25) is 0 Å². The Morgan fingerprint density at radius 2 is 1.94 bits per heavy atom. The maximum absolute atomic E-state index is 12.9. The van der Waals surface area contributed by atoms with Gasteiger partial charge in [-0.05, 0) is 30.2 Å². The predicted molar refractivity (Wildman–Crippen MR) is 50.7 cm³/mol. The minimum atomic E-state index is -4.68. The van der Waals surface area contributed by atoms with E-state index in [0.717, 1.165) is 6.07 Å². The summed E-state index contributed by atoms with van der Waals surface area (Å²) in [4.78, 5) is 10.4. The van der Waals surface area contributed by atoms with E-state index >= 15 is 0 Å². The molecule has 0 unspecified atom stereocenters. The van der Waals surface area contributed by atoms with Gasteiger partial charge in [0.1, 0.15) is 11.9 Å². The van der Waals surface area contributed by atoms with Gasteiger partial charge >= 0.3 is 12.1 Å². The molecule has 0 aliphatic carbocycles. The summed E-state index contributed by atoms with van der Waals surface area (Å²) in [5.41, 5.74) is 3.89. The van der Waals surface area contributed by atoms with Crippen molar-refractivity contribution in [2.24, 2.45) is 5.73 Å². The third kappa shape index (κ3) is 3.70. The number of alkyl halides is 3. The molecule has 0 saturated carbocycles. The number of rotatable bonds is 3. The largest absolute Gasteiger partial charge is 0.480 e. The average Bonchev–Trinajstić information content (AvgIpc) is 2.15. The summed E-state index contributed by atoms with van der Waals surface area (Å²) < 4.78 is 49.9. The maximum Gasteiger partial charge on any atom is 0.416 e.